The van der Waals surface area contributed by atoms with Crippen LogP contribution in [-0.2, 0) is 7.05 Å². The van der Waals surface area contributed by atoms with E-state index in [0.29, 0.717) is 6.04 Å². The van der Waals surface area contributed by atoms with Crippen molar-refractivity contribution in [3.8, 4) is 0 Å². The summed E-state index contributed by atoms with van der Waals surface area (Å²) in [4.78, 5) is 0. The molecule has 0 radical (unpaired) electrons. The summed E-state index contributed by atoms with van der Waals surface area (Å²) in [7, 11) is 2.10. The largest absolute Gasteiger partial charge is 0.307 e. The van der Waals surface area contributed by atoms with E-state index in [1.165, 1.54) is 49.0 Å². The number of nitrogens with zero attached hydrogens (tertiary/aromatic N) is 2. The molecule has 0 aliphatic heterocycles. The number of para-hydroxylation sites is 1. The van der Waals surface area contributed by atoms with Gasteiger partial charge in [-0.2, -0.15) is 0 Å². The molecule has 0 atom stereocenters. The average molecular weight is 322 g/mol. The number of aromatic nitrogens is 2. The van der Waals surface area contributed by atoms with Gasteiger partial charge in [0.15, 0.2) is 6.20 Å². The van der Waals surface area contributed by atoms with Gasteiger partial charge in [0.2, 0.25) is 5.52 Å². The van der Waals surface area contributed by atoms with E-state index in [1.54, 1.807) is 0 Å². The maximum atomic E-state index is 8.70. The van der Waals surface area contributed by atoms with E-state index in [2.05, 4.69) is 77.7 Å². The number of aryl methyl sites for hydroxylation is 2. The molecular formula is C23H17N2+. The molecule has 25 heavy (non-hydrogen) atoms. The van der Waals surface area contributed by atoms with Crippen LogP contribution in [0.15, 0.2) is 66.8 Å². The molecule has 0 saturated carbocycles. The molecule has 6 rings (SSSR count). The predicted octanol–water partition coefficient (Wildman–Crippen LogP) is 5.12. The van der Waals surface area contributed by atoms with Crippen LogP contribution in [0.2, 0.25) is 0 Å². The first-order chi connectivity index (χ1) is 12.7. The van der Waals surface area contributed by atoms with Crippen LogP contribution >= 0.6 is 0 Å². The lowest BCUT2D eigenvalue weighted by molar-refractivity contribution is -0.643. The molecule has 2 heteroatoms. The topological polar surface area (TPSA) is 8.29 Å². The van der Waals surface area contributed by atoms with E-state index in [9.17, 15) is 0 Å². The Morgan fingerprint density at radius 1 is 0.880 bits per heavy atom. The van der Waals surface area contributed by atoms with Gasteiger partial charge in [0.05, 0.1) is 28.7 Å². The van der Waals surface area contributed by atoms with Crippen molar-refractivity contribution in [2.45, 2.75) is 6.92 Å². The summed E-state index contributed by atoms with van der Waals surface area (Å²) < 4.78 is 13.2. The maximum Gasteiger partial charge on any atom is 0.224 e. The molecule has 3 aromatic heterocycles. The van der Waals surface area contributed by atoms with Crippen LogP contribution in [0.4, 0.5) is 0 Å². The van der Waals surface area contributed by atoms with Crippen LogP contribution in [-0.4, -0.2) is 4.40 Å². The molecule has 2 nitrogen and oxygen atoms in total. The smallest absolute Gasteiger partial charge is 0.224 e. The SMILES string of the molecule is [2H]c1ccc2cc[n+](C)c3c4c(C)ccc5c6ccccc6n(c1c23)c54. The van der Waals surface area contributed by atoms with Gasteiger partial charge in [0.1, 0.15) is 7.05 Å². The minimum Gasteiger partial charge on any atom is -0.307 e. The standard InChI is InChI=1S/C23H17N2/c1-14-10-11-17-16-7-3-4-8-18(16)25-19-9-5-6-15-12-13-24(2)23(21(15)19)20(14)22(17)25/h3-13H,1-2H3/q+1/i9D. The van der Waals surface area contributed by atoms with Gasteiger partial charge in [0, 0.05) is 16.8 Å². The highest BCUT2D eigenvalue weighted by Crippen LogP contribution is 2.40. The first kappa shape index (κ1) is 12.3. The van der Waals surface area contributed by atoms with E-state index in [0.717, 1.165) is 5.52 Å². The van der Waals surface area contributed by atoms with E-state index in [-0.39, 0.29) is 0 Å². The van der Waals surface area contributed by atoms with Gasteiger partial charge in [-0.3, -0.25) is 0 Å². The van der Waals surface area contributed by atoms with Crippen molar-refractivity contribution in [1.29, 1.82) is 0 Å². The highest BCUT2D eigenvalue weighted by atomic mass is 14.9. The molecule has 118 valence electrons. The molecular weight excluding hydrogens is 304 g/mol. The zero-order valence-corrected chi connectivity index (χ0v) is 14.2. The zero-order chi connectivity index (χ0) is 17.6. The number of benzene rings is 3. The number of fused-ring (bicyclic) bond motifs is 5. The van der Waals surface area contributed by atoms with Gasteiger partial charge >= 0.3 is 0 Å². The third-order valence-corrected chi connectivity index (χ3v) is 5.58. The lowest BCUT2D eigenvalue weighted by Crippen LogP contribution is -2.28. The predicted molar refractivity (Wildman–Crippen MR) is 105 cm³/mol. The monoisotopic (exact) mass is 322 g/mol. The zero-order valence-electron chi connectivity index (χ0n) is 15.2. The summed E-state index contributed by atoms with van der Waals surface area (Å²) in [5.74, 6) is 0. The molecule has 0 N–H and O–H groups in total. The molecule has 0 fully saturated rings. The highest BCUT2D eigenvalue weighted by Gasteiger charge is 2.22. The van der Waals surface area contributed by atoms with Gasteiger partial charge in [-0.05, 0) is 30.0 Å². The van der Waals surface area contributed by atoms with Crippen LogP contribution < -0.4 is 4.57 Å². The molecule has 0 spiro atoms. The Morgan fingerprint density at radius 2 is 1.76 bits per heavy atom. The molecule has 0 bridgehead atoms. The summed E-state index contributed by atoms with van der Waals surface area (Å²) in [6, 6.07) is 19.7. The lowest BCUT2D eigenvalue weighted by atomic mass is 10.00. The summed E-state index contributed by atoms with van der Waals surface area (Å²) >= 11 is 0. The molecule has 0 saturated heterocycles. The van der Waals surface area contributed by atoms with Crippen molar-refractivity contribution < 1.29 is 5.94 Å². The number of pyridine rings is 2. The Hall–Kier alpha value is -3.13. The second kappa shape index (κ2) is 4.28. The number of hydrogen-bond donors (Lipinski definition) is 0. The van der Waals surface area contributed by atoms with Crippen molar-refractivity contribution in [1.82, 2.24) is 4.40 Å². The quantitative estimate of drug-likeness (QED) is 0.208. The number of hydrogen-bond acceptors (Lipinski definition) is 0. The van der Waals surface area contributed by atoms with Crippen LogP contribution in [0.25, 0.3) is 49.0 Å². The maximum absolute atomic E-state index is 8.70. The molecule has 3 aromatic carbocycles. The van der Waals surface area contributed by atoms with Crippen LogP contribution in [0.5, 0.6) is 0 Å². The highest BCUT2D eigenvalue weighted by molar-refractivity contribution is 6.25. The first-order valence-corrected chi connectivity index (χ1v) is 8.62. The molecule has 0 unspecified atom stereocenters. The van der Waals surface area contributed by atoms with E-state index in [4.69, 9.17) is 1.37 Å². The van der Waals surface area contributed by atoms with Gasteiger partial charge in [0.25, 0.3) is 0 Å². The van der Waals surface area contributed by atoms with Crippen LogP contribution in [0.1, 0.15) is 6.93 Å². The molecule has 0 amide bonds. The summed E-state index contributed by atoms with van der Waals surface area (Å²) in [5, 5.41) is 6.14. The van der Waals surface area contributed by atoms with Crippen molar-refractivity contribution in [3.05, 3.63) is 72.4 Å². The first-order valence-electron chi connectivity index (χ1n) is 9.12. The fourth-order valence-electron chi connectivity index (χ4n) is 4.50. The van der Waals surface area contributed by atoms with E-state index in [1.807, 2.05) is 6.07 Å². The normalized spacial score (nSPS) is 13.0. The average Bonchev–Trinajstić information content (AvgIpc) is 2.98. The fraction of sp³-hybridized carbons (Fsp3) is 0.0870. The summed E-state index contributed by atoms with van der Waals surface area (Å²) in [5.41, 5.74) is 5.88. The third-order valence-electron chi connectivity index (χ3n) is 5.58. The van der Waals surface area contributed by atoms with Gasteiger partial charge in [-0.25, -0.2) is 4.57 Å². The minimum atomic E-state index is 0.569. The van der Waals surface area contributed by atoms with Gasteiger partial charge in [-0.1, -0.05) is 42.5 Å². The molecule has 3 heterocycles. The van der Waals surface area contributed by atoms with Gasteiger partial charge in [-0.15, -0.1) is 0 Å². The lowest BCUT2D eigenvalue weighted by Gasteiger charge is -2.12. The second-order valence-corrected chi connectivity index (χ2v) is 6.94. The fourth-order valence-corrected chi connectivity index (χ4v) is 4.50. The molecule has 6 aromatic rings. The van der Waals surface area contributed by atoms with Crippen molar-refractivity contribution in [3.63, 3.8) is 0 Å². The van der Waals surface area contributed by atoms with Crippen LogP contribution in [0, 0.1) is 6.92 Å². The number of rotatable bonds is 0. The third kappa shape index (κ3) is 1.44. The molecule has 0 aliphatic rings. The summed E-state index contributed by atoms with van der Waals surface area (Å²) in [6.45, 7) is 2.19. The van der Waals surface area contributed by atoms with Crippen molar-refractivity contribution >= 4 is 49.0 Å². The van der Waals surface area contributed by atoms with E-state index < -0.39 is 0 Å². The Labute approximate surface area is 146 Å². The van der Waals surface area contributed by atoms with Crippen molar-refractivity contribution in [2.24, 2.45) is 7.05 Å². The Balaban J connectivity index is 2.19. The Morgan fingerprint density at radius 3 is 2.68 bits per heavy atom. The second-order valence-electron chi connectivity index (χ2n) is 6.94. The van der Waals surface area contributed by atoms with Crippen LogP contribution in [0.3, 0.4) is 0 Å². The Bertz CT molecular complexity index is 1500. The Kier molecular flexibility index (Phi) is 2.10. The van der Waals surface area contributed by atoms with Crippen molar-refractivity contribution in [2.75, 3.05) is 0 Å². The van der Waals surface area contributed by atoms with Gasteiger partial charge < -0.3 is 4.40 Å². The van der Waals surface area contributed by atoms with E-state index >= 15 is 0 Å². The summed E-state index contributed by atoms with van der Waals surface area (Å²) in [6.07, 6.45) is 2.13. The molecule has 0 aliphatic carbocycles. The minimum absolute atomic E-state index is 0.569.